The molecule has 2 aromatic heterocycles. The molecule has 0 amide bonds. The lowest BCUT2D eigenvalue weighted by Crippen LogP contribution is -2.28. The first-order valence-electron chi connectivity index (χ1n) is 20.6. The fraction of sp³-hybridized carbons (Fsp3) is 0.545. The summed E-state index contributed by atoms with van der Waals surface area (Å²) in [6.45, 7) is 18.9. The fourth-order valence-electron chi connectivity index (χ4n) is 8.51. The molecule has 14 heteroatoms. The summed E-state index contributed by atoms with van der Waals surface area (Å²) >= 11 is 0. The maximum atomic E-state index is 13.5. The van der Waals surface area contributed by atoms with Crippen LogP contribution in [0, 0.1) is 11.8 Å². The Balaban J connectivity index is 0.000000188. The van der Waals surface area contributed by atoms with Crippen LogP contribution >= 0.6 is 10.7 Å². The molecule has 58 heavy (non-hydrogen) atoms. The van der Waals surface area contributed by atoms with Crippen LogP contribution in [-0.2, 0) is 52.5 Å². The van der Waals surface area contributed by atoms with Crippen molar-refractivity contribution in [3.63, 3.8) is 0 Å². The summed E-state index contributed by atoms with van der Waals surface area (Å²) < 4.78 is 67.4. The molecule has 1 atom stereocenters. The average Bonchev–Trinajstić information content (AvgIpc) is 3.92. The highest BCUT2D eigenvalue weighted by atomic mass is 35.7. The van der Waals surface area contributed by atoms with Gasteiger partial charge in [0.05, 0.1) is 31.9 Å². The van der Waals surface area contributed by atoms with E-state index in [-0.39, 0.29) is 21.6 Å². The normalized spacial score (nSPS) is 19.5. The van der Waals surface area contributed by atoms with E-state index in [1.807, 2.05) is 30.3 Å². The topological polar surface area (TPSA) is 126 Å². The minimum absolute atomic E-state index is 0.0906. The van der Waals surface area contributed by atoms with Crippen molar-refractivity contribution in [3.05, 3.63) is 83.9 Å². The van der Waals surface area contributed by atoms with Crippen LogP contribution in [0.1, 0.15) is 96.8 Å². The quantitative estimate of drug-likeness (QED) is 0.142. The lowest BCUT2D eigenvalue weighted by Gasteiger charge is -2.26. The van der Waals surface area contributed by atoms with Crippen molar-refractivity contribution in [1.82, 2.24) is 23.4 Å². The number of rotatable bonds is 8. The number of hydrogen-bond acceptors (Lipinski definition) is 8. The van der Waals surface area contributed by atoms with Crippen molar-refractivity contribution < 1.29 is 26.3 Å². The predicted molar refractivity (Wildman–Crippen MR) is 230 cm³/mol. The molecule has 11 nitrogen and oxygen atoms in total. The molecule has 3 aliphatic rings. The highest BCUT2D eigenvalue weighted by Gasteiger charge is 2.34. The molecule has 3 aliphatic heterocycles. The van der Waals surface area contributed by atoms with Crippen molar-refractivity contribution in [2.45, 2.75) is 113 Å². The predicted octanol–water partition coefficient (Wildman–Crippen LogP) is 8.63. The van der Waals surface area contributed by atoms with Crippen LogP contribution < -0.4 is 0 Å². The van der Waals surface area contributed by atoms with E-state index in [0.29, 0.717) is 35.3 Å². The van der Waals surface area contributed by atoms with Crippen LogP contribution in [0.3, 0.4) is 0 Å². The van der Waals surface area contributed by atoms with Gasteiger partial charge in [-0.2, -0.15) is 4.31 Å². The summed E-state index contributed by atoms with van der Waals surface area (Å²) in [7, 11) is -1.85. The van der Waals surface area contributed by atoms with Crippen molar-refractivity contribution in [3.8, 4) is 0 Å². The summed E-state index contributed by atoms with van der Waals surface area (Å²) in [4.78, 5) is 10.1. The third-order valence-corrected chi connectivity index (χ3v) is 14.9. The molecule has 1 unspecified atom stereocenters. The van der Waals surface area contributed by atoms with Crippen LogP contribution in [0.4, 0.5) is 0 Å². The van der Waals surface area contributed by atoms with Crippen LogP contribution in [0.2, 0.25) is 0 Å². The molecule has 0 radical (unpaired) electrons. The second kappa shape index (κ2) is 17.0. The minimum atomic E-state index is -3.75. The number of aromatic nitrogens is 4. The van der Waals surface area contributed by atoms with Crippen molar-refractivity contribution in [1.29, 1.82) is 0 Å². The number of sulfonamides is 1. The van der Waals surface area contributed by atoms with Crippen LogP contribution in [0.25, 0.3) is 22.1 Å². The molecule has 0 spiro atoms. The van der Waals surface area contributed by atoms with E-state index in [9.17, 15) is 16.8 Å². The summed E-state index contributed by atoms with van der Waals surface area (Å²) in [6, 6.07) is 20.6. The number of nitrogens with zero attached hydrogens (tertiary/aromatic N) is 5. The van der Waals surface area contributed by atoms with E-state index in [1.54, 1.807) is 28.6 Å². The average molecular weight is 853 g/mol. The molecule has 3 saturated heterocycles. The Hall–Kier alpha value is -3.33. The third kappa shape index (κ3) is 9.50. The molecular weight excluding hydrogens is 794 g/mol. The molecule has 8 rings (SSSR count). The Morgan fingerprint density at radius 3 is 1.59 bits per heavy atom. The molecular formula is C44H58ClN5O6S2. The van der Waals surface area contributed by atoms with E-state index in [4.69, 9.17) is 30.1 Å². The smallest absolute Gasteiger partial charge is 0.261 e. The van der Waals surface area contributed by atoms with Crippen LogP contribution in [-0.4, -0.2) is 79.8 Å². The molecule has 314 valence electrons. The minimum Gasteiger partial charge on any atom is -0.381 e. The summed E-state index contributed by atoms with van der Waals surface area (Å²) in [5, 5.41) is 0. The van der Waals surface area contributed by atoms with Gasteiger partial charge in [-0.1, -0.05) is 71.9 Å². The van der Waals surface area contributed by atoms with Crippen molar-refractivity contribution in [2.24, 2.45) is 11.8 Å². The zero-order chi connectivity index (χ0) is 41.5. The molecule has 0 saturated carbocycles. The van der Waals surface area contributed by atoms with E-state index in [1.165, 1.54) is 5.56 Å². The summed E-state index contributed by atoms with van der Waals surface area (Å²) in [6.07, 6.45) is 5.02. The summed E-state index contributed by atoms with van der Waals surface area (Å²) in [5.41, 5.74) is 4.34. The molecule has 0 bridgehead atoms. The van der Waals surface area contributed by atoms with Gasteiger partial charge in [-0.05, 0) is 91.8 Å². The van der Waals surface area contributed by atoms with Gasteiger partial charge in [0.15, 0.2) is 0 Å². The Kier molecular flexibility index (Phi) is 12.5. The molecule has 5 heterocycles. The Labute approximate surface area is 348 Å². The standard InChI is InChI=1S/C27H35N3O3S.C17H23ClN2O3S/c1-27(2,3)26-28-24-17-23(9-10-25(24)30(26)18-20-12-15-33-16-13-20)34(31,32)29-14-11-22(19-29)21-7-5-4-6-8-21;1-17(2,3)16-19-14-10-13(24(18,21)22)4-5-15(14)20(16)11-12-6-8-23-9-7-12/h4-10,17,20,22H,11-16,18-19H2,1-3H3;4-5,10,12H,6-9,11H2,1-3H3. The van der Waals surface area contributed by atoms with Gasteiger partial charge in [-0.15, -0.1) is 0 Å². The number of benzene rings is 3. The highest BCUT2D eigenvalue weighted by Crippen LogP contribution is 2.35. The highest BCUT2D eigenvalue weighted by molar-refractivity contribution is 8.13. The number of ether oxygens (including phenoxy) is 2. The zero-order valence-electron chi connectivity index (χ0n) is 34.7. The van der Waals surface area contributed by atoms with Gasteiger partial charge in [0.1, 0.15) is 11.6 Å². The van der Waals surface area contributed by atoms with E-state index in [0.717, 1.165) is 99.8 Å². The maximum Gasteiger partial charge on any atom is 0.261 e. The van der Waals surface area contributed by atoms with Gasteiger partial charge in [0.2, 0.25) is 10.0 Å². The van der Waals surface area contributed by atoms with Crippen LogP contribution in [0.5, 0.6) is 0 Å². The van der Waals surface area contributed by atoms with E-state index >= 15 is 0 Å². The largest absolute Gasteiger partial charge is 0.381 e. The van der Waals surface area contributed by atoms with Gasteiger partial charge in [-0.25, -0.2) is 26.8 Å². The lowest BCUT2D eigenvalue weighted by molar-refractivity contribution is 0.0610. The van der Waals surface area contributed by atoms with Gasteiger partial charge >= 0.3 is 0 Å². The van der Waals surface area contributed by atoms with Gasteiger partial charge in [0.25, 0.3) is 9.05 Å². The number of hydrogen-bond donors (Lipinski definition) is 0. The number of halogens is 1. The second-order valence-corrected chi connectivity index (χ2v) is 22.7. The SMILES string of the molecule is CC(C)(C)c1nc2cc(S(=O)(=O)Cl)ccc2n1CC1CCOCC1.CC(C)(C)c1nc2cc(S(=O)(=O)N3CCC(c4ccccc4)C3)ccc2n1CC1CCOCC1. The third-order valence-electron chi connectivity index (χ3n) is 11.7. The second-order valence-electron chi connectivity index (χ2n) is 18.2. The first kappa shape index (κ1) is 42.8. The first-order chi connectivity index (χ1) is 27.4. The summed E-state index contributed by atoms with van der Waals surface area (Å²) in [5.74, 6) is 3.32. The number of fused-ring (bicyclic) bond motifs is 2. The molecule has 0 aliphatic carbocycles. The Bertz CT molecular complexity index is 2440. The van der Waals surface area contributed by atoms with Crippen molar-refractivity contribution >= 4 is 51.8 Å². The zero-order valence-corrected chi connectivity index (χ0v) is 37.0. The van der Waals surface area contributed by atoms with E-state index in [2.05, 4.69) is 62.8 Å². The fourth-order valence-corrected chi connectivity index (χ4v) is 10.8. The molecule has 3 fully saturated rings. The van der Waals surface area contributed by atoms with Gasteiger partial charge < -0.3 is 18.6 Å². The lowest BCUT2D eigenvalue weighted by atomic mass is 9.94. The van der Waals surface area contributed by atoms with Gasteiger partial charge in [0, 0.05) is 74.1 Å². The Morgan fingerprint density at radius 2 is 1.12 bits per heavy atom. The Morgan fingerprint density at radius 1 is 0.655 bits per heavy atom. The molecule has 0 N–H and O–H groups in total. The maximum absolute atomic E-state index is 13.5. The van der Waals surface area contributed by atoms with E-state index < -0.39 is 19.1 Å². The number of imidazole rings is 2. The van der Waals surface area contributed by atoms with Crippen molar-refractivity contribution in [2.75, 3.05) is 39.5 Å². The molecule has 5 aromatic rings. The monoisotopic (exact) mass is 851 g/mol. The van der Waals surface area contributed by atoms with Crippen LogP contribution in [0.15, 0.2) is 76.5 Å². The first-order valence-corrected chi connectivity index (χ1v) is 24.3. The molecule has 3 aromatic carbocycles. The van der Waals surface area contributed by atoms with Gasteiger partial charge in [-0.3, -0.25) is 0 Å².